The summed E-state index contributed by atoms with van der Waals surface area (Å²) >= 11 is 0. The minimum atomic E-state index is 0.184. The minimum absolute atomic E-state index is 0.184. The van der Waals surface area contributed by atoms with Crippen molar-refractivity contribution in [3.63, 3.8) is 0 Å². The highest BCUT2D eigenvalue weighted by Gasteiger charge is 2.11. The summed E-state index contributed by atoms with van der Waals surface area (Å²) in [6.45, 7) is 7.03. The molecule has 1 aromatic rings. The van der Waals surface area contributed by atoms with Crippen molar-refractivity contribution in [1.82, 2.24) is 0 Å². The molecule has 1 aromatic carbocycles. The van der Waals surface area contributed by atoms with Gasteiger partial charge >= 0.3 is 0 Å². The second-order valence-electron chi connectivity index (χ2n) is 4.40. The molecule has 0 unspecified atom stereocenters. The van der Waals surface area contributed by atoms with Crippen LogP contribution < -0.4 is 4.90 Å². The molecule has 0 amide bonds. The normalized spacial score (nSPS) is 15.4. The highest BCUT2D eigenvalue weighted by atomic mass is 16.5. The quantitative estimate of drug-likeness (QED) is 0.590. The fourth-order valence-corrected chi connectivity index (χ4v) is 2.06. The molecule has 0 N–H and O–H groups in total. The van der Waals surface area contributed by atoms with Crippen LogP contribution in [-0.4, -0.2) is 32.1 Å². The van der Waals surface area contributed by atoms with E-state index in [-0.39, 0.29) is 5.78 Å². The number of benzene rings is 1. The van der Waals surface area contributed by atoms with Gasteiger partial charge in [0.25, 0.3) is 0 Å². The van der Waals surface area contributed by atoms with Crippen LogP contribution in [0.4, 0.5) is 5.69 Å². The average Bonchev–Trinajstić information content (AvgIpc) is 2.46. The molecule has 1 aliphatic rings. The van der Waals surface area contributed by atoms with Gasteiger partial charge < -0.3 is 9.64 Å². The van der Waals surface area contributed by atoms with Crippen LogP contribution in [-0.2, 0) is 4.74 Å². The summed E-state index contributed by atoms with van der Waals surface area (Å²) in [5, 5.41) is 0. The van der Waals surface area contributed by atoms with E-state index < -0.39 is 0 Å². The Balaban J connectivity index is 2.00. The van der Waals surface area contributed by atoms with Crippen molar-refractivity contribution in [2.24, 2.45) is 0 Å². The summed E-state index contributed by atoms with van der Waals surface area (Å²) in [5.41, 5.74) is 1.95. The minimum Gasteiger partial charge on any atom is -0.378 e. The summed E-state index contributed by atoms with van der Waals surface area (Å²) in [5.74, 6) is 0.184. The van der Waals surface area contributed by atoms with Crippen molar-refractivity contribution in [1.29, 1.82) is 0 Å². The van der Waals surface area contributed by atoms with Gasteiger partial charge in [-0.3, -0.25) is 4.79 Å². The Hall–Kier alpha value is -1.61. The van der Waals surface area contributed by atoms with Crippen molar-refractivity contribution in [3.05, 3.63) is 42.5 Å². The van der Waals surface area contributed by atoms with Gasteiger partial charge in [0.1, 0.15) is 0 Å². The molecule has 18 heavy (non-hydrogen) atoms. The number of hydrogen-bond donors (Lipinski definition) is 0. The number of hydrogen-bond acceptors (Lipinski definition) is 3. The average molecular weight is 245 g/mol. The number of rotatable bonds is 5. The first-order valence-electron chi connectivity index (χ1n) is 6.38. The highest BCUT2D eigenvalue weighted by Crippen LogP contribution is 2.17. The van der Waals surface area contributed by atoms with Crippen LogP contribution in [0.1, 0.15) is 23.2 Å². The van der Waals surface area contributed by atoms with Gasteiger partial charge in [-0.15, -0.1) is 6.58 Å². The van der Waals surface area contributed by atoms with Gasteiger partial charge in [0, 0.05) is 30.8 Å². The van der Waals surface area contributed by atoms with Gasteiger partial charge in [-0.05, 0) is 30.7 Å². The summed E-state index contributed by atoms with van der Waals surface area (Å²) < 4.78 is 5.32. The van der Waals surface area contributed by atoms with Gasteiger partial charge in [-0.2, -0.15) is 0 Å². The van der Waals surface area contributed by atoms with Crippen molar-refractivity contribution >= 4 is 11.5 Å². The number of Topliss-reactive ketones (excluding diaryl/α,β-unsaturated/α-hetero) is 1. The maximum atomic E-state index is 11.8. The number of morpholine rings is 1. The Morgan fingerprint density at radius 3 is 2.56 bits per heavy atom. The molecule has 1 saturated heterocycles. The number of nitrogens with zero attached hydrogens (tertiary/aromatic N) is 1. The lowest BCUT2D eigenvalue weighted by atomic mass is 10.1. The third kappa shape index (κ3) is 3.20. The molecule has 0 saturated carbocycles. The van der Waals surface area contributed by atoms with Crippen LogP contribution in [0.15, 0.2) is 36.9 Å². The number of ketones is 1. The molecule has 2 rings (SSSR count). The fraction of sp³-hybridized carbons (Fsp3) is 0.400. The van der Waals surface area contributed by atoms with Gasteiger partial charge in [-0.1, -0.05) is 6.08 Å². The number of anilines is 1. The summed E-state index contributed by atoms with van der Waals surface area (Å²) in [4.78, 5) is 14.1. The van der Waals surface area contributed by atoms with E-state index in [9.17, 15) is 4.79 Å². The van der Waals surface area contributed by atoms with E-state index in [0.29, 0.717) is 6.42 Å². The summed E-state index contributed by atoms with van der Waals surface area (Å²) in [6.07, 6.45) is 3.06. The first kappa shape index (κ1) is 12.8. The zero-order valence-corrected chi connectivity index (χ0v) is 10.6. The van der Waals surface area contributed by atoms with Crippen LogP contribution >= 0.6 is 0 Å². The zero-order valence-electron chi connectivity index (χ0n) is 10.6. The van der Waals surface area contributed by atoms with Crippen LogP contribution in [0.25, 0.3) is 0 Å². The molecule has 1 fully saturated rings. The van der Waals surface area contributed by atoms with E-state index in [1.165, 1.54) is 5.69 Å². The smallest absolute Gasteiger partial charge is 0.163 e. The maximum Gasteiger partial charge on any atom is 0.163 e. The fourth-order valence-electron chi connectivity index (χ4n) is 2.06. The Morgan fingerprint density at radius 1 is 1.28 bits per heavy atom. The maximum absolute atomic E-state index is 11.8. The van der Waals surface area contributed by atoms with E-state index >= 15 is 0 Å². The third-order valence-electron chi connectivity index (χ3n) is 3.14. The lowest BCUT2D eigenvalue weighted by Gasteiger charge is -2.28. The molecule has 0 spiro atoms. The molecule has 0 radical (unpaired) electrons. The standard InChI is InChI=1S/C15H19NO2/c1-2-3-4-15(17)13-5-7-14(8-6-13)16-9-11-18-12-10-16/h2,5-8H,1,3-4,9-12H2. The molecule has 0 aliphatic carbocycles. The van der Waals surface area contributed by atoms with E-state index in [1.54, 1.807) is 6.08 Å². The monoisotopic (exact) mass is 245 g/mol. The molecule has 0 bridgehead atoms. The molecule has 1 aliphatic heterocycles. The van der Waals surface area contributed by atoms with Gasteiger partial charge in [0.15, 0.2) is 5.78 Å². The first-order chi connectivity index (χ1) is 8.81. The molecular formula is C15H19NO2. The van der Waals surface area contributed by atoms with Gasteiger partial charge in [0.2, 0.25) is 0 Å². The van der Waals surface area contributed by atoms with Gasteiger partial charge in [0.05, 0.1) is 13.2 Å². The molecule has 0 aromatic heterocycles. The Bertz CT molecular complexity index is 405. The van der Waals surface area contributed by atoms with E-state index in [4.69, 9.17) is 4.74 Å². The number of ether oxygens (including phenoxy) is 1. The Kier molecular flexibility index (Phi) is 4.53. The van der Waals surface area contributed by atoms with Crippen molar-refractivity contribution in [3.8, 4) is 0 Å². The second kappa shape index (κ2) is 6.36. The van der Waals surface area contributed by atoms with Crippen molar-refractivity contribution in [2.45, 2.75) is 12.8 Å². The Morgan fingerprint density at radius 2 is 1.94 bits per heavy atom. The van der Waals surface area contributed by atoms with Crippen LogP contribution in [0, 0.1) is 0 Å². The zero-order chi connectivity index (χ0) is 12.8. The van der Waals surface area contributed by atoms with E-state index in [2.05, 4.69) is 11.5 Å². The summed E-state index contributed by atoms with van der Waals surface area (Å²) in [6, 6.07) is 7.87. The SMILES string of the molecule is C=CCCC(=O)c1ccc(N2CCOCC2)cc1. The molecule has 1 heterocycles. The molecule has 96 valence electrons. The second-order valence-corrected chi connectivity index (χ2v) is 4.40. The van der Waals surface area contributed by atoms with E-state index in [1.807, 2.05) is 24.3 Å². The Labute approximate surface area is 108 Å². The van der Waals surface area contributed by atoms with Crippen LogP contribution in [0.3, 0.4) is 0 Å². The lowest BCUT2D eigenvalue weighted by Crippen LogP contribution is -2.36. The lowest BCUT2D eigenvalue weighted by molar-refractivity contribution is 0.0983. The van der Waals surface area contributed by atoms with Crippen LogP contribution in [0.5, 0.6) is 0 Å². The molecule has 3 heteroatoms. The third-order valence-corrected chi connectivity index (χ3v) is 3.14. The highest BCUT2D eigenvalue weighted by molar-refractivity contribution is 5.96. The first-order valence-corrected chi connectivity index (χ1v) is 6.38. The number of carbonyl (C=O) groups excluding carboxylic acids is 1. The molecule has 0 atom stereocenters. The van der Waals surface area contributed by atoms with Crippen molar-refractivity contribution < 1.29 is 9.53 Å². The van der Waals surface area contributed by atoms with Crippen LogP contribution in [0.2, 0.25) is 0 Å². The number of carbonyl (C=O) groups is 1. The topological polar surface area (TPSA) is 29.5 Å². The largest absolute Gasteiger partial charge is 0.378 e. The molecule has 3 nitrogen and oxygen atoms in total. The predicted molar refractivity (Wildman–Crippen MR) is 73.2 cm³/mol. The predicted octanol–water partition coefficient (Wildman–Crippen LogP) is 2.67. The summed E-state index contributed by atoms with van der Waals surface area (Å²) in [7, 11) is 0. The molecular weight excluding hydrogens is 226 g/mol. The van der Waals surface area contributed by atoms with Gasteiger partial charge in [-0.25, -0.2) is 0 Å². The number of allylic oxidation sites excluding steroid dienone is 1. The van der Waals surface area contributed by atoms with Crippen molar-refractivity contribution in [2.75, 3.05) is 31.2 Å². The van der Waals surface area contributed by atoms with E-state index in [0.717, 1.165) is 38.3 Å².